The van der Waals surface area contributed by atoms with Crippen LogP contribution >= 0.6 is 0 Å². The quantitative estimate of drug-likeness (QED) is 0.873. The first kappa shape index (κ1) is 13.9. The summed E-state index contributed by atoms with van der Waals surface area (Å²) >= 11 is 0. The van der Waals surface area contributed by atoms with E-state index in [4.69, 9.17) is 5.73 Å². The maximum Gasteiger partial charge on any atom is 0.223 e. The van der Waals surface area contributed by atoms with Crippen LogP contribution in [0.15, 0.2) is 6.07 Å². The summed E-state index contributed by atoms with van der Waals surface area (Å²) < 4.78 is 0. The van der Waals surface area contributed by atoms with Gasteiger partial charge in [-0.3, -0.25) is 0 Å². The molecule has 0 bridgehead atoms. The number of anilines is 3. The fraction of sp³-hybridized carbons (Fsp3) is 0.714. The van der Waals surface area contributed by atoms with E-state index in [0.717, 1.165) is 37.7 Å². The molecular weight excluding hydrogens is 238 g/mol. The number of nitrogens with two attached hydrogens (primary N) is 1. The Morgan fingerprint density at radius 2 is 2.00 bits per heavy atom. The molecule has 0 aliphatic carbocycles. The zero-order valence-electron chi connectivity index (χ0n) is 12.2. The number of nitrogens with zero attached hydrogens (tertiary/aromatic N) is 3. The Bertz CT molecular complexity index is 410. The molecule has 1 fully saturated rings. The van der Waals surface area contributed by atoms with Crippen molar-refractivity contribution >= 4 is 17.6 Å². The van der Waals surface area contributed by atoms with Crippen LogP contribution in [0.2, 0.25) is 0 Å². The Hall–Kier alpha value is -1.52. The van der Waals surface area contributed by atoms with Crippen molar-refractivity contribution in [3.63, 3.8) is 0 Å². The van der Waals surface area contributed by atoms with Crippen LogP contribution in [0, 0.1) is 11.8 Å². The van der Waals surface area contributed by atoms with Gasteiger partial charge in [-0.05, 0) is 24.7 Å². The van der Waals surface area contributed by atoms with Crippen LogP contribution in [0.1, 0.15) is 33.6 Å². The number of nitrogens with one attached hydrogen (secondary N) is 1. The first-order chi connectivity index (χ1) is 9.08. The molecule has 2 unspecified atom stereocenters. The smallest absolute Gasteiger partial charge is 0.223 e. The first-order valence-corrected chi connectivity index (χ1v) is 7.21. The third kappa shape index (κ3) is 3.72. The minimum atomic E-state index is 0.349. The lowest BCUT2D eigenvalue weighted by Gasteiger charge is -2.35. The van der Waals surface area contributed by atoms with Crippen LogP contribution in [-0.2, 0) is 0 Å². The highest BCUT2D eigenvalue weighted by Gasteiger charge is 2.23. The van der Waals surface area contributed by atoms with E-state index < -0.39 is 0 Å². The molecule has 0 radical (unpaired) electrons. The summed E-state index contributed by atoms with van der Waals surface area (Å²) in [6.45, 7) is 9.73. The molecule has 2 rings (SSSR count). The number of hydrogen-bond donors (Lipinski definition) is 2. The van der Waals surface area contributed by atoms with E-state index in [1.165, 1.54) is 6.42 Å². The van der Waals surface area contributed by atoms with Gasteiger partial charge in [0.25, 0.3) is 0 Å². The Kier molecular flexibility index (Phi) is 4.45. The molecule has 1 aliphatic heterocycles. The van der Waals surface area contributed by atoms with Gasteiger partial charge < -0.3 is 16.0 Å². The molecule has 2 heterocycles. The molecule has 5 nitrogen and oxygen atoms in total. The summed E-state index contributed by atoms with van der Waals surface area (Å²) in [5.41, 5.74) is 5.82. The highest BCUT2D eigenvalue weighted by molar-refractivity contribution is 5.52. The van der Waals surface area contributed by atoms with E-state index in [-0.39, 0.29) is 0 Å². The zero-order chi connectivity index (χ0) is 13.8. The molecule has 0 spiro atoms. The lowest BCUT2D eigenvalue weighted by atomic mass is 9.92. The largest absolute Gasteiger partial charge is 0.370 e. The highest BCUT2D eigenvalue weighted by Crippen LogP contribution is 2.26. The van der Waals surface area contributed by atoms with Crippen LogP contribution in [0.4, 0.5) is 17.6 Å². The van der Waals surface area contributed by atoms with Crippen molar-refractivity contribution in [3.8, 4) is 0 Å². The maximum atomic E-state index is 5.82. The van der Waals surface area contributed by atoms with Crippen LogP contribution in [0.5, 0.6) is 0 Å². The summed E-state index contributed by atoms with van der Waals surface area (Å²) in [6.07, 6.45) is 2.36. The van der Waals surface area contributed by atoms with Crippen molar-refractivity contribution in [2.45, 2.75) is 33.6 Å². The van der Waals surface area contributed by atoms with Crippen LogP contribution in [0.3, 0.4) is 0 Å². The molecule has 106 valence electrons. The van der Waals surface area contributed by atoms with Gasteiger partial charge in [-0.25, -0.2) is 0 Å². The van der Waals surface area contributed by atoms with Gasteiger partial charge in [0.05, 0.1) is 0 Å². The third-order valence-electron chi connectivity index (χ3n) is 3.48. The van der Waals surface area contributed by atoms with Gasteiger partial charge in [0.15, 0.2) is 0 Å². The van der Waals surface area contributed by atoms with E-state index in [2.05, 4.69) is 41.0 Å². The molecule has 0 saturated carbocycles. The molecule has 19 heavy (non-hydrogen) atoms. The van der Waals surface area contributed by atoms with Crippen LogP contribution < -0.4 is 16.0 Å². The molecule has 1 aliphatic rings. The first-order valence-electron chi connectivity index (χ1n) is 7.21. The van der Waals surface area contributed by atoms with Gasteiger partial charge >= 0.3 is 0 Å². The minimum absolute atomic E-state index is 0.349. The summed E-state index contributed by atoms with van der Waals surface area (Å²) in [5.74, 6) is 3.53. The minimum Gasteiger partial charge on any atom is -0.370 e. The Balaban J connectivity index is 2.16. The van der Waals surface area contributed by atoms with Gasteiger partial charge in [-0.15, -0.1) is 0 Å². The Labute approximate surface area is 115 Å². The van der Waals surface area contributed by atoms with Gasteiger partial charge in [-0.1, -0.05) is 20.8 Å². The molecular formula is C14H25N5. The summed E-state index contributed by atoms with van der Waals surface area (Å²) in [4.78, 5) is 10.9. The van der Waals surface area contributed by atoms with E-state index in [1.807, 2.05) is 6.07 Å². The summed E-state index contributed by atoms with van der Waals surface area (Å²) in [7, 11) is 0. The van der Waals surface area contributed by atoms with Crippen LogP contribution in [-0.4, -0.2) is 29.6 Å². The van der Waals surface area contributed by atoms with Crippen molar-refractivity contribution in [2.75, 3.05) is 35.6 Å². The predicted molar refractivity (Wildman–Crippen MR) is 80.4 cm³/mol. The summed E-state index contributed by atoms with van der Waals surface area (Å²) in [6, 6.07) is 2.01. The molecule has 1 aromatic rings. The lowest BCUT2D eigenvalue weighted by molar-refractivity contribution is 0.355. The second-order valence-corrected chi connectivity index (χ2v) is 5.75. The molecule has 3 N–H and O–H groups in total. The maximum absolute atomic E-state index is 5.82. The zero-order valence-corrected chi connectivity index (χ0v) is 12.2. The number of piperidine rings is 1. The highest BCUT2D eigenvalue weighted by atomic mass is 15.2. The standard InChI is InChI=1S/C14H25N5/c1-4-5-16-12-7-13(18-14(15)17-12)19-8-10(2)6-11(3)9-19/h7,10-11H,4-6,8-9H2,1-3H3,(H3,15,16,17,18). The fourth-order valence-corrected chi connectivity index (χ4v) is 2.81. The van der Waals surface area contributed by atoms with Crippen molar-refractivity contribution in [1.29, 1.82) is 0 Å². The lowest BCUT2D eigenvalue weighted by Crippen LogP contribution is -2.39. The number of hydrogen-bond acceptors (Lipinski definition) is 5. The molecule has 2 atom stereocenters. The monoisotopic (exact) mass is 263 g/mol. The van der Waals surface area contributed by atoms with Crippen molar-refractivity contribution in [2.24, 2.45) is 11.8 Å². The molecule has 0 aromatic carbocycles. The van der Waals surface area contributed by atoms with Gasteiger partial charge in [-0.2, -0.15) is 9.97 Å². The number of nitrogen functional groups attached to an aromatic ring is 1. The van der Waals surface area contributed by atoms with Crippen molar-refractivity contribution < 1.29 is 0 Å². The predicted octanol–water partition coefficient (Wildman–Crippen LogP) is 2.36. The normalized spacial score (nSPS) is 23.4. The average Bonchev–Trinajstić information content (AvgIpc) is 2.34. The van der Waals surface area contributed by atoms with Gasteiger partial charge in [0.2, 0.25) is 5.95 Å². The Morgan fingerprint density at radius 3 is 2.63 bits per heavy atom. The molecule has 5 heteroatoms. The van der Waals surface area contributed by atoms with E-state index in [9.17, 15) is 0 Å². The Morgan fingerprint density at radius 1 is 1.32 bits per heavy atom. The second kappa shape index (κ2) is 6.08. The molecule has 0 amide bonds. The van der Waals surface area contributed by atoms with Crippen molar-refractivity contribution in [1.82, 2.24) is 9.97 Å². The van der Waals surface area contributed by atoms with Crippen molar-refractivity contribution in [3.05, 3.63) is 6.07 Å². The third-order valence-corrected chi connectivity index (χ3v) is 3.48. The molecule has 1 saturated heterocycles. The second-order valence-electron chi connectivity index (χ2n) is 5.75. The van der Waals surface area contributed by atoms with E-state index in [0.29, 0.717) is 17.8 Å². The topological polar surface area (TPSA) is 67.1 Å². The van der Waals surface area contributed by atoms with E-state index >= 15 is 0 Å². The fourth-order valence-electron chi connectivity index (χ4n) is 2.81. The van der Waals surface area contributed by atoms with Gasteiger partial charge in [0.1, 0.15) is 11.6 Å². The van der Waals surface area contributed by atoms with Gasteiger partial charge in [0, 0.05) is 25.7 Å². The van der Waals surface area contributed by atoms with Crippen LogP contribution in [0.25, 0.3) is 0 Å². The number of rotatable bonds is 4. The SMILES string of the molecule is CCCNc1cc(N2CC(C)CC(C)C2)nc(N)n1. The van der Waals surface area contributed by atoms with E-state index in [1.54, 1.807) is 0 Å². The number of aromatic nitrogens is 2. The molecule has 1 aromatic heterocycles. The summed E-state index contributed by atoms with van der Waals surface area (Å²) in [5, 5.41) is 3.28. The average molecular weight is 263 g/mol.